The molecule has 2 rings (SSSR count). The molecule has 2 aromatic rings. The van der Waals surface area contributed by atoms with Gasteiger partial charge < -0.3 is 4.90 Å². The second-order valence-electron chi connectivity index (χ2n) is 6.11. The van der Waals surface area contributed by atoms with Crippen LogP contribution in [0.3, 0.4) is 0 Å². The van der Waals surface area contributed by atoms with E-state index in [1.54, 1.807) is 4.90 Å². The van der Waals surface area contributed by atoms with Crippen molar-refractivity contribution in [1.29, 1.82) is 0 Å². The second-order valence-corrected chi connectivity index (χ2v) is 7.87. The van der Waals surface area contributed by atoms with Crippen LogP contribution in [0.1, 0.15) is 31.0 Å². The van der Waals surface area contributed by atoms with Gasteiger partial charge in [-0.25, -0.2) is 17.5 Å². The average molecular weight is 378 g/mol. The standard InChI is InChI=1S/C19H23FN2O3S/c1-14-13-18(9-10-19(14)20)26(24,25)21-11-12-22(16(3)23)15(2)17-7-5-4-6-8-17/h4-10,13,15,21H,11-12H2,1-3H3. The highest BCUT2D eigenvalue weighted by molar-refractivity contribution is 7.89. The molecular weight excluding hydrogens is 355 g/mol. The minimum Gasteiger partial charge on any atom is -0.335 e. The Bertz CT molecular complexity index is 870. The molecule has 2 aromatic carbocycles. The van der Waals surface area contributed by atoms with Crippen LogP contribution in [0.15, 0.2) is 53.4 Å². The summed E-state index contributed by atoms with van der Waals surface area (Å²) in [7, 11) is -3.77. The van der Waals surface area contributed by atoms with Gasteiger partial charge in [0.2, 0.25) is 15.9 Å². The van der Waals surface area contributed by atoms with Crippen LogP contribution < -0.4 is 4.72 Å². The largest absolute Gasteiger partial charge is 0.335 e. The fourth-order valence-corrected chi connectivity index (χ4v) is 3.81. The van der Waals surface area contributed by atoms with Gasteiger partial charge in [0.15, 0.2) is 0 Å². The maximum atomic E-state index is 13.3. The molecule has 0 saturated carbocycles. The van der Waals surface area contributed by atoms with Crippen molar-refractivity contribution < 1.29 is 17.6 Å². The molecule has 0 bridgehead atoms. The van der Waals surface area contributed by atoms with E-state index in [-0.39, 0.29) is 35.5 Å². The molecule has 1 N–H and O–H groups in total. The number of hydrogen-bond donors (Lipinski definition) is 1. The molecular formula is C19H23FN2O3S. The summed E-state index contributed by atoms with van der Waals surface area (Å²) in [5.41, 5.74) is 1.23. The Morgan fingerprint density at radius 3 is 2.42 bits per heavy atom. The van der Waals surface area contributed by atoms with E-state index in [1.165, 1.54) is 26.0 Å². The van der Waals surface area contributed by atoms with Crippen LogP contribution in [-0.4, -0.2) is 32.3 Å². The number of rotatable bonds is 7. The van der Waals surface area contributed by atoms with Gasteiger partial charge in [0.05, 0.1) is 10.9 Å². The van der Waals surface area contributed by atoms with Crippen molar-refractivity contribution in [2.75, 3.05) is 13.1 Å². The molecule has 140 valence electrons. The van der Waals surface area contributed by atoms with Crippen LogP contribution in [0.2, 0.25) is 0 Å². The smallest absolute Gasteiger partial charge is 0.240 e. The zero-order valence-electron chi connectivity index (χ0n) is 15.1. The minimum absolute atomic E-state index is 0.00174. The molecule has 0 heterocycles. The van der Waals surface area contributed by atoms with Crippen molar-refractivity contribution >= 4 is 15.9 Å². The number of amides is 1. The Morgan fingerprint density at radius 2 is 1.85 bits per heavy atom. The van der Waals surface area contributed by atoms with Gasteiger partial charge in [-0.2, -0.15) is 0 Å². The number of aryl methyl sites for hydroxylation is 1. The van der Waals surface area contributed by atoms with Crippen LogP contribution in [0.4, 0.5) is 4.39 Å². The van der Waals surface area contributed by atoms with E-state index in [4.69, 9.17) is 0 Å². The molecule has 0 aliphatic carbocycles. The van der Waals surface area contributed by atoms with Crippen molar-refractivity contribution in [1.82, 2.24) is 9.62 Å². The number of nitrogens with one attached hydrogen (secondary N) is 1. The molecule has 1 amide bonds. The summed E-state index contributed by atoms with van der Waals surface area (Å²) in [4.78, 5) is 13.6. The molecule has 0 aliphatic rings. The number of carbonyl (C=O) groups is 1. The lowest BCUT2D eigenvalue weighted by atomic mass is 10.1. The Hall–Kier alpha value is -2.25. The van der Waals surface area contributed by atoms with E-state index in [0.29, 0.717) is 0 Å². The van der Waals surface area contributed by atoms with Gasteiger partial charge in [-0.3, -0.25) is 4.79 Å². The number of nitrogens with zero attached hydrogens (tertiary/aromatic N) is 1. The quantitative estimate of drug-likeness (QED) is 0.805. The lowest BCUT2D eigenvalue weighted by Gasteiger charge is -2.28. The molecule has 1 atom stereocenters. The molecule has 5 nitrogen and oxygen atoms in total. The number of halogens is 1. The Morgan fingerprint density at radius 1 is 1.19 bits per heavy atom. The number of benzene rings is 2. The van der Waals surface area contributed by atoms with E-state index in [9.17, 15) is 17.6 Å². The average Bonchev–Trinajstić information content (AvgIpc) is 2.61. The molecule has 0 radical (unpaired) electrons. The topological polar surface area (TPSA) is 66.5 Å². The van der Waals surface area contributed by atoms with Crippen LogP contribution in [0, 0.1) is 12.7 Å². The zero-order valence-corrected chi connectivity index (χ0v) is 15.9. The lowest BCUT2D eigenvalue weighted by molar-refractivity contribution is -0.130. The second kappa shape index (κ2) is 8.42. The highest BCUT2D eigenvalue weighted by Gasteiger charge is 2.20. The third-order valence-corrected chi connectivity index (χ3v) is 5.70. The lowest BCUT2D eigenvalue weighted by Crippen LogP contribution is -2.39. The predicted octanol–water partition coefficient (Wildman–Crippen LogP) is 3.02. The SMILES string of the molecule is CC(=O)N(CCNS(=O)(=O)c1ccc(F)c(C)c1)C(C)c1ccccc1. The summed E-state index contributed by atoms with van der Waals surface area (Å²) in [6.45, 7) is 5.15. The van der Waals surface area contributed by atoms with E-state index < -0.39 is 15.8 Å². The molecule has 1 unspecified atom stereocenters. The monoisotopic (exact) mass is 378 g/mol. The minimum atomic E-state index is -3.77. The summed E-state index contributed by atoms with van der Waals surface area (Å²) in [5, 5.41) is 0. The van der Waals surface area contributed by atoms with Crippen molar-refractivity contribution in [2.45, 2.75) is 31.7 Å². The molecule has 0 saturated heterocycles. The predicted molar refractivity (Wildman–Crippen MR) is 98.6 cm³/mol. The first kappa shape index (κ1) is 20.1. The first-order valence-corrected chi connectivity index (χ1v) is 9.78. The summed E-state index contributed by atoms with van der Waals surface area (Å²) >= 11 is 0. The zero-order chi connectivity index (χ0) is 19.3. The third-order valence-electron chi connectivity index (χ3n) is 4.24. The summed E-state index contributed by atoms with van der Waals surface area (Å²) in [6.07, 6.45) is 0. The molecule has 0 aliphatic heterocycles. The third kappa shape index (κ3) is 4.89. The van der Waals surface area contributed by atoms with Gasteiger partial charge >= 0.3 is 0 Å². The summed E-state index contributed by atoms with van der Waals surface area (Å²) < 4.78 is 40.5. The molecule has 7 heteroatoms. The highest BCUT2D eigenvalue weighted by atomic mass is 32.2. The maximum Gasteiger partial charge on any atom is 0.240 e. The van der Waals surface area contributed by atoms with Crippen molar-refractivity contribution in [3.8, 4) is 0 Å². The Kier molecular flexibility index (Phi) is 6.50. The van der Waals surface area contributed by atoms with Crippen molar-refractivity contribution in [3.63, 3.8) is 0 Å². The first-order valence-electron chi connectivity index (χ1n) is 8.30. The summed E-state index contributed by atoms with van der Waals surface area (Å²) in [5.74, 6) is -0.596. The van der Waals surface area contributed by atoms with Crippen LogP contribution in [0.25, 0.3) is 0 Å². The van der Waals surface area contributed by atoms with Gasteiger partial charge in [0, 0.05) is 20.0 Å². The number of hydrogen-bond acceptors (Lipinski definition) is 3. The number of carbonyl (C=O) groups excluding carboxylic acids is 1. The Balaban J connectivity index is 2.05. The highest BCUT2D eigenvalue weighted by Crippen LogP contribution is 2.20. The fourth-order valence-electron chi connectivity index (χ4n) is 2.70. The Labute approximate surface area is 153 Å². The van der Waals surface area contributed by atoms with Gasteiger partial charge in [-0.15, -0.1) is 0 Å². The van der Waals surface area contributed by atoms with Crippen LogP contribution in [0.5, 0.6) is 0 Å². The molecule has 0 spiro atoms. The molecule has 0 aromatic heterocycles. The van der Waals surface area contributed by atoms with Gasteiger partial charge in [0.1, 0.15) is 5.82 Å². The van der Waals surface area contributed by atoms with Crippen molar-refractivity contribution in [3.05, 3.63) is 65.5 Å². The maximum absolute atomic E-state index is 13.3. The van der Waals surface area contributed by atoms with E-state index in [0.717, 1.165) is 11.6 Å². The van der Waals surface area contributed by atoms with Crippen molar-refractivity contribution in [2.24, 2.45) is 0 Å². The van der Waals surface area contributed by atoms with Gasteiger partial charge in [-0.05, 0) is 43.2 Å². The van der Waals surface area contributed by atoms with Crippen LogP contribution in [-0.2, 0) is 14.8 Å². The molecule has 26 heavy (non-hydrogen) atoms. The van der Waals surface area contributed by atoms with E-state index >= 15 is 0 Å². The van der Waals surface area contributed by atoms with Crippen LogP contribution >= 0.6 is 0 Å². The first-order chi connectivity index (χ1) is 12.2. The normalized spacial score (nSPS) is 12.6. The van der Waals surface area contributed by atoms with E-state index in [1.807, 2.05) is 37.3 Å². The van der Waals surface area contributed by atoms with Gasteiger partial charge in [0.25, 0.3) is 0 Å². The molecule has 0 fully saturated rings. The van der Waals surface area contributed by atoms with E-state index in [2.05, 4.69) is 4.72 Å². The fraction of sp³-hybridized carbons (Fsp3) is 0.316. The number of sulfonamides is 1. The summed E-state index contributed by atoms with van der Waals surface area (Å²) in [6, 6.07) is 13.0. The van der Waals surface area contributed by atoms with Gasteiger partial charge in [-0.1, -0.05) is 30.3 Å².